The predicted molar refractivity (Wildman–Crippen MR) is 135 cm³/mol. The van der Waals surface area contributed by atoms with E-state index in [1.54, 1.807) is 12.1 Å². The van der Waals surface area contributed by atoms with E-state index in [0.29, 0.717) is 23.2 Å². The Labute approximate surface area is 198 Å². The number of nitrogens with one attached hydrogen (secondary N) is 1. The van der Waals surface area contributed by atoms with Crippen LogP contribution in [-0.4, -0.2) is 41.5 Å². The molecule has 6 heteroatoms. The molecular formula is C27H38N4O2. The normalized spacial score (nSPS) is 16.5. The first-order chi connectivity index (χ1) is 16.0. The minimum atomic E-state index is -0.502. The Bertz CT molecular complexity index is 905. The van der Waals surface area contributed by atoms with Gasteiger partial charge in [-0.25, -0.2) is 4.98 Å². The van der Waals surface area contributed by atoms with Crippen LogP contribution in [0, 0.1) is 0 Å². The number of carbonyl (C=O) groups excluding carboxylic acids is 1. The molecule has 1 fully saturated rings. The molecule has 1 aromatic carbocycles. The van der Waals surface area contributed by atoms with Crippen LogP contribution in [0.3, 0.4) is 0 Å². The smallest absolute Gasteiger partial charge is 0.250 e. The number of benzene rings is 1. The van der Waals surface area contributed by atoms with Crippen LogP contribution in [0.2, 0.25) is 0 Å². The van der Waals surface area contributed by atoms with Gasteiger partial charge < -0.3 is 20.7 Å². The summed E-state index contributed by atoms with van der Waals surface area (Å²) in [7, 11) is 0. The van der Waals surface area contributed by atoms with E-state index < -0.39 is 5.91 Å². The zero-order valence-electron chi connectivity index (χ0n) is 20.4. The molecule has 0 saturated carbocycles. The maximum Gasteiger partial charge on any atom is 0.250 e. The minimum absolute atomic E-state index is 0.361. The van der Waals surface area contributed by atoms with Crippen molar-refractivity contribution in [1.82, 2.24) is 15.2 Å². The quantitative estimate of drug-likeness (QED) is 0.494. The monoisotopic (exact) mass is 450 g/mol. The summed E-state index contributed by atoms with van der Waals surface area (Å²) in [5.74, 6) is 0.631. The Balaban J connectivity index is 0.00000187. The molecule has 3 N–H and O–H groups in total. The van der Waals surface area contributed by atoms with Gasteiger partial charge in [-0.05, 0) is 57.0 Å². The number of nitrogens with two attached hydrogens (primary N) is 1. The highest BCUT2D eigenvalue weighted by Crippen LogP contribution is 2.20. The molecule has 2 heterocycles. The number of pyridine rings is 1. The molecule has 33 heavy (non-hydrogen) atoms. The number of amides is 1. The van der Waals surface area contributed by atoms with Crippen LogP contribution >= 0.6 is 0 Å². The average molecular weight is 451 g/mol. The fourth-order valence-electron chi connectivity index (χ4n) is 3.53. The number of hydrogen-bond donors (Lipinski definition) is 2. The Morgan fingerprint density at radius 3 is 2.64 bits per heavy atom. The number of likely N-dealkylation sites (tertiary alicyclic amines) is 1. The molecular weight excluding hydrogens is 412 g/mol. The summed E-state index contributed by atoms with van der Waals surface area (Å²) in [5, 5.41) is 3.67. The third-order valence-corrected chi connectivity index (χ3v) is 5.43. The van der Waals surface area contributed by atoms with Gasteiger partial charge in [-0.15, -0.1) is 0 Å². The molecule has 0 spiro atoms. The number of hydrogen-bond acceptors (Lipinski definition) is 5. The third kappa shape index (κ3) is 9.20. The van der Waals surface area contributed by atoms with E-state index in [-0.39, 0.29) is 0 Å². The highest BCUT2D eigenvalue weighted by atomic mass is 16.5. The summed E-state index contributed by atoms with van der Waals surface area (Å²) >= 11 is 0. The fourth-order valence-corrected chi connectivity index (χ4v) is 3.53. The van der Waals surface area contributed by atoms with Gasteiger partial charge in [0.05, 0.1) is 5.56 Å². The van der Waals surface area contributed by atoms with Crippen molar-refractivity contribution in [3.8, 4) is 11.6 Å². The van der Waals surface area contributed by atoms with Crippen LogP contribution in [0.15, 0.2) is 66.4 Å². The first-order valence-corrected chi connectivity index (χ1v) is 11.8. The number of rotatable bonds is 10. The van der Waals surface area contributed by atoms with Gasteiger partial charge >= 0.3 is 0 Å². The lowest BCUT2D eigenvalue weighted by atomic mass is 10.2. The summed E-state index contributed by atoms with van der Waals surface area (Å²) in [5.41, 5.74) is 8.23. The van der Waals surface area contributed by atoms with E-state index in [0.717, 1.165) is 32.6 Å². The number of ether oxygens (including phenoxy) is 1. The minimum Gasteiger partial charge on any atom is -0.439 e. The average Bonchev–Trinajstić information content (AvgIpc) is 3.30. The van der Waals surface area contributed by atoms with Crippen molar-refractivity contribution < 1.29 is 9.53 Å². The maximum atomic E-state index is 11.1. The molecule has 6 nitrogen and oxygen atoms in total. The molecule has 1 aromatic heterocycles. The Morgan fingerprint density at radius 1 is 1.24 bits per heavy atom. The summed E-state index contributed by atoms with van der Waals surface area (Å²) < 4.78 is 5.73. The van der Waals surface area contributed by atoms with Crippen LogP contribution in [-0.2, 0) is 6.54 Å². The van der Waals surface area contributed by atoms with Crippen LogP contribution in [0.4, 0.5) is 0 Å². The Kier molecular flexibility index (Phi) is 11.3. The van der Waals surface area contributed by atoms with Gasteiger partial charge in [0.1, 0.15) is 5.75 Å². The topological polar surface area (TPSA) is 80.5 Å². The molecule has 0 unspecified atom stereocenters. The van der Waals surface area contributed by atoms with E-state index in [1.165, 1.54) is 23.8 Å². The SMILES string of the molecule is C/C=C\C=C(/C)CCN1CC[C@@H](NCc2ccc(Oc3ccc(C(N)=O)cn3)cc2)C1.CC. The zero-order chi connectivity index (χ0) is 24.1. The van der Waals surface area contributed by atoms with E-state index in [4.69, 9.17) is 10.5 Å². The Morgan fingerprint density at radius 2 is 2.00 bits per heavy atom. The van der Waals surface area contributed by atoms with Crippen LogP contribution in [0.1, 0.15) is 56.5 Å². The molecule has 0 bridgehead atoms. The summed E-state index contributed by atoms with van der Waals surface area (Å²) in [6.45, 7) is 12.5. The second kappa shape index (κ2) is 14.2. The predicted octanol–water partition coefficient (Wildman–Crippen LogP) is 5.08. The molecule has 1 saturated heterocycles. The van der Waals surface area contributed by atoms with E-state index in [2.05, 4.69) is 52.5 Å². The van der Waals surface area contributed by atoms with Crippen molar-refractivity contribution in [3.63, 3.8) is 0 Å². The van der Waals surface area contributed by atoms with Crippen molar-refractivity contribution in [3.05, 3.63) is 77.5 Å². The molecule has 1 aliphatic heterocycles. The first kappa shape index (κ1) is 26.3. The molecule has 0 radical (unpaired) electrons. The van der Waals surface area contributed by atoms with Crippen LogP contribution in [0.5, 0.6) is 11.6 Å². The molecule has 1 aliphatic rings. The maximum absolute atomic E-state index is 11.1. The fraction of sp³-hybridized carbons (Fsp3) is 0.407. The lowest BCUT2D eigenvalue weighted by Crippen LogP contribution is -2.32. The van der Waals surface area contributed by atoms with Gasteiger partial charge in [0.15, 0.2) is 0 Å². The van der Waals surface area contributed by atoms with Gasteiger partial charge in [0.2, 0.25) is 11.8 Å². The van der Waals surface area contributed by atoms with Crippen molar-refractivity contribution >= 4 is 5.91 Å². The van der Waals surface area contributed by atoms with E-state index >= 15 is 0 Å². The molecule has 1 amide bonds. The number of aromatic nitrogens is 1. The van der Waals surface area contributed by atoms with Gasteiger partial charge in [-0.2, -0.15) is 0 Å². The summed E-state index contributed by atoms with van der Waals surface area (Å²) in [6, 6.07) is 11.8. The number of carbonyl (C=O) groups is 1. The lowest BCUT2D eigenvalue weighted by molar-refractivity contribution is 0.1000. The standard InChI is InChI=1S/C25H32N4O2.C2H6/c1-3-4-5-19(2)12-14-29-15-13-22(18-29)27-16-20-6-9-23(10-7-20)31-24-11-8-21(17-28-24)25(26)30;1-2/h3-11,17,22,27H,12-16,18H2,1-2H3,(H2,26,30);1-2H3/b4-3-,19-5+;/t22-;/m1./s1. The van der Waals surface area contributed by atoms with Crippen LogP contribution in [0.25, 0.3) is 0 Å². The van der Waals surface area contributed by atoms with Crippen molar-refractivity contribution in [2.75, 3.05) is 19.6 Å². The molecule has 3 rings (SSSR count). The largest absolute Gasteiger partial charge is 0.439 e. The Hall–Kier alpha value is -2.96. The molecule has 0 aliphatic carbocycles. The first-order valence-electron chi connectivity index (χ1n) is 11.8. The second-order valence-electron chi connectivity index (χ2n) is 7.95. The molecule has 2 aromatic rings. The van der Waals surface area contributed by atoms with Crippen molar-refractivity contribution in [2.45, 2.75) is 53.1 Å². The third-order valence-electron chi connectivity index (χ3n) is 5.43. The molecule has 178 valence electrons. The zero-order valence-corrected chi connectivity index (χ0v) is 20.4. The van der Waals surface area contributed by atoms with Gasteiger partial charge in [-0.3, -0.25) is 4.79 Å². The number of primary amides is 1. The molecule has 1 atom stereocenters. The van der Waals surface area contributed by atoms with E-state index in [1.807, 2.05) is 32.9 Å². The van der Waals surface area contributed by atoms with E-state index in [9.17, 15) is 4.79 Å². The van der Waals surface area contributed by atoms with Gasteiger partial charge in [0.25, 0.3) is 0 Å². The van der Waals surface area contributed by atoms with Crippen molar-refractivity contribution in [2.24, 2.45) is 5.73 Å². The van der Waals surface area contributed by atoms with Crippen LogP contribution < -0.4 is 15.8 Å². The van der Waals surface area contributed by atoms with Gasteiger partial charge in [-0.1, -0.05) is 49.8 Å². The summed E-state index contributed by atoms with van der Waals surface area (Å²) in [6.07, 6.45) is 10.1. The van der Waals surface area contributed by atoms with Gasteiger partial charge in [0, 0.05) is 37.9 Å². The number of allylic oxidation sites excluding steroid dienone is 3. The number of nitrogens with zero attached hydrogens (tertiary/aromatic N) is 2. The van der Waals surface area contributed by atoms with Crippen molar-refractivity contribution in [1.29, 1.82) is 0 Å². The lowest BCUT2D eigenvalue weighted by Gasteiger charge is -2.17. The highest BCUT2D eigenvalue weighted by Gasteiger charge is 2.21. The summed E-state index contributed by atoms with van der Waals surface area (Å²) in [4.78, 5) is 17.8. The second-order valence-corrected chi connectivity index (χ2v) is 7.95. The highest BCUT2D eigenvalue weighted by molar-refractivity contribution is 5.92.